The molecule has 2 atom stereocenters. The Hall–Kier alpha value is -1.66. The van der Waals surface area contributed by atoms with Crippen LogP contribution in [0.1, 0.15) is 41.2 Å². The summed E-state index contributed by atoms with van der Waals surface area (Å²) < 4.78 is 7.17. The van der Waals surface area contributed by atoms with Gasteiger partial charge < -0.3 is 14.4 Å². The van der Waals surface area contributed by atoms with E-state index in [0.29, 0.717) is 18.8 Å². The number of pyridine rings is 1. The van der Waals surface area contributed by atoms with E-state index in [1.54, 1.807) is 23.8 Å². The van der Waals surface area contributed by atoms with E-state index in [1.165, 1.54) is 19.3 Å². The lowest BCUT2D eigenvalue weighted by atomic mass is 10.0. The first-order valence-electron chi connectivity index (χ1n) is 7.86. The van der Waals surface area contributed by atoms with Crippen molar-refractivity contribution in [2.75, 3.05) is 26.3 Å². The van der Waals surface area contributed by atoms with Crippen LogP contribution in [0.3, 0.4) is 0 Å². The van der Waals surface area contributed by atoms with E-state index in [4.69, 9.17) is 4.74 Å². The molecule has 0 aromatic carbocycles. The van der Waals surface area contributed by atoms with Gasteiger partial charge in [-0.3, -0.25) is 9.69 Å². The summed E-state index contributed by atoms with van der Waals surface area (Å²) in [7, 11) is 0. The van der Waals surface area contributed by atoms with Gasteiger partial charge in [-0.25, -0.2) is 4.79 Å². The molecule has 2 aliphatic heterocycles. The number of carboxylic acid groups (broad SMARTS) is 1. The Morgan fingerprint density at radius 1 is 1.23 bits per heavy atom. The van der Waals surface area contributed by atoms with E-state index in [0.717, 1.165) is 13.1 Å². The summed E-state index contributed by atoms with van der Waals surface area (Å²) in [5.41, 5.74) is -0.0565. The SMILES string of the molecule is Cc1ccn([C@H]2COC[C@@H]2N2CCCCC2)c(=O)c1C(=O)O. The van der Waals surface area contributed by atoms with Crippen LogP contribution in [0.4, 0.5) is 0 Å². The van der Waals surface area contributed by atoms with Crippen LogP contribution >= 0.6 is 0 Å². The Bertz CT molecular complexity index is 619. The van der Waals surface area contributed by atoms with Gasteiger partial charge in [-0.1, -0.05) is 6.42 Å². The van der Waals surface area contributed by atoms with E-state index in [-0.39, 0.29) is 17.6 Å². The van der Waals surface area contributed by atoms with Gasteiger partial charge in [-0.15, -0.1) is 0 Å². The van der Waals surface area contributed by atoms with Crippen molar-refractivity contribution < 1.29 is 14.6 Å². The standard InChI is InChI=1S/C16H22N2O4/c1-11-5-8-18(15(19)14(11)16(20)21)13-10-22-9-12(13)17-6-3-2-4-7-17/h5,8,12-13H,2-4,6-7,9-10H2,1H3,(H,20,21)/t12-,13-/m0/s1. The number of rotatable bonds is 3. The molecule has 6 heteroatoms. The normalized spacial score (nSPS) is 26.2. The molecule has 1 N–H and O–H groups in total. The molecule has 0 amide bonds. The highest BCUT2D eigenvalue weighted by molar-refractivity contribution is 5.88. The van der Waals surface area contributed by atoms with Crippen LogP contribution in [0.25, 0.3) is 0 Å². The second kappa shape index (κ2) is 6.22. The lowest BCUT2D eigenvalue weighted by molar-refractivity contribution is 0.0692. The molecule has 0 unspecified atom stereocenters. The third kappa shape index (κ3) is 2.68. The minimum Gasteiger partial charge on any atom is -0.477 e. The molecule has 1 aromatic rings. The van der Waals surface area contributed by atoms with E-state index in [1.807, 2.05) is 0 Å². The number of aromatic carboxylic acids is 1. The van der Waals surface area contributed by atoms with E-state index in [2.05, 4.69) is 4.90 Å². The van der Waals surface area contributed by atoms with Crippen molar-refractivity contribution in [1.29, 1.82) is 0 Å². The summed E-state index contributed by atoms with van der Waals surface area (Å²) in [6.07, 6.45) is 5.31. The number of hydrogen-bond donors (Lipinski definition) is 1. The highest BCUT2D eigenvalue weighted by Crippen LogP contribution is 2.26. The fourth-order valence-corrected chi connectivity index (χ4v) is 3.56. The highest BCUT2D eigenvalue weighted by atomic mass is 16.5. The highest BCUT2D eigenvalue weighted by Gasteiger charge is 2.36. The number of carboxylic acids is 1. The van der Waals surface area contributed by atoms with Gasteiger partial charge >= 0.3 is 5.97 Å². The number of likely N-dealkylation sites (tertiary alicyclic amines) is 1. The molecule has 2 fully saturated rings. The second-order valence-corrected chi connectivity index (χ2v) is 6.16. The van der Waals surface area contributed by atoms with Crippen molar-refractivity contribution in [1.82, 2.24) is 9.47 Å². The minimum atomic E-state index is -1.16. The first kappa shape index (κ1) is 15.2. The first-order chi connectivity index (χ1) is 10.6. The third-order valence-corrected chi connectivity index (χ3v) is 4.78. The fourth-order valence-electron chi connectivity index (χ4n) is 3.56. The number of aryl methyl sites for hydroxylation is 1. The molecule has 0 spiro atoms. The molecule has 0 saturated carbocycles. The quantitative estimate of drug-likeness (QED) is 0.911. The summed E-state index contributed by atoms with van der Waals surface area (Å²) in [5, 5.41) is 9.27. The minimum absolute atomic E-state index is 0.107. The van der Waals surface area contributed by atoms with Gasteiger partial charge in [-0.2, -0.15) is 0 Å². The van der Waals surface area contributed by atoms with Crippen LogP contribution < -0.4 is 5.56 Å². The molecule has 0 bridgehead atoms. The largest absolute Gasteiger partial charge is 0.477 e. The molecular formula is C16H22N2O4. The predicted molar refractivity (Wildman–Crippen MR) is 81.5 cm³/mol. The molecule has 0 aliphatic carbocycles. The van der Waals surface area contributed by atoms with Crippen LogP contribution in [-0.4, -0.2) is 52.9 Å². The zero-order valence-electron chi connectivity index (χ0n) is 12.8. The van der Waals surface area contributed by atoms with Crippen molar-refractivity contribution >= 4 is 5.97 Å². The lowest BCUT2D eigenvalue weighted by Gasteiger charge is -2.35. The number of ether oxygens (including phenoxy) is 1. The topological polar surface area (TPSA) is 71.8 Å². The first-order valence-corrected chi connectivity index (χ1v) is 7.86. The maximum absolute atomic E-state index is 12.6. The molecule has 3 heterocycles. The maximum Gasteiger partial charge on any atom is 0.341 e. The average molecular weight is 306 g/mol. The third-order valence-electron chi connectivity index (χ3n) is 4.78. The maximum atomic E-state index is 12.6. The van der Waals surface area contributed by atoms with Gasteiger partial charge in [-0.05, 0) is 44.5 Å². The van der Waals surface area contributed by atoms with Gasteiger partial charge in [0.2, 0.25) is 0 Å². The van der Waals surface area contributed by atoms with Crippen molar-refractivity contribution in [2.24, 2.45) is 0 Å². The van der Waals surface area contributed by atoms with Gasteiger partial charge in [0.15, 0.2) is 0 Å². The van der Waals surface area contributed by atoms with E-state index < -0.39 is 11.5 Å². The predicted octanol–water partition coefficient (Wildman–Crippen LogP) is 1.28. The molecule has 1 aromatic heterocycles. The number of aromatic nitrogens is 1. The Morgan fingerprint density at radius 2 is 1.91 bits per heavy atom. The monoisotopic (exact) mass is 306 g/mol. The second-order valence-electron chi connectivity index (χ2n) is 6.16. The lowest BCUT2D eigenvalue weighted by Crippen LogP contribution is -2.46. The van der Waals surface area contributed by atoms with Crippen LogP contribution in [0.5, 0.6) is 0 Å². The number of nitrogens with zero attached hydrogens (tertiary/aromatic N) is 2. The molecule has 2 aliphatic rings. The van der Waals surface area contributed by atoms with Crippen molar-refractivity contribution in [3.05, 3.63) is 33.7 Å². The van der Waals surface area contributed by atoms with Crippen LogP contribution in [0.2, 0.25) is 0 Å². The van der Waals surface area contributed by atoms with Gasteiger partial charge in [0.05, 0.1) is 25.3 Å². The number of piperidine rings is 1. The Labute approximate surface area is 129 Å². The van der Waals surface area contributed by atoms with Crippen molar-refractivity contribution in [3.63, 3.8) is 0 Å². The summed E-state index contributed by atoms with van der Waals surface area (Å²) >= 11 is 0. The summed E-state index contributed by atoms with van der Waals surface area (Å²) in [5.74, 6) is -1.16. The van der Waals surface area contributed by atoms with Gasteiger partial charge in [0.25, 0.3) is 5.56 Å². The number of carbonyl (C=O) groups is 1. The van der Waals surface area contributed by atoms with Crippen LogP contribution in [-0.2, 0) is 4.74 Å². The Morgan fingerprint density at radius 3 is 2.59 bits per heavy atom. The van der Waals surface area contributed by atoms with E-state index >= 15 is 0 Å². The van der Waals surface area contributed by atoms with E-state index in [9.17, 15) is 14.7 Å². The molecule has 0 radical (unpaired) electrons. The Kier molecular flexibility index (Phi) is 4.31. The molecule has 120 valence electrons. The molecular weight excluding hydrogens is 284 g/mol. The smallest absolute Gasteiger partial charge is 0.341 e. The summed E-state index contributed by atoms with van der Waals surface area (Å²) in [4.78, 5) is 26.3. The van der Waals surface area contributed by atoms with Crippen molar-refractivity contribution in [2.45, 2.75) is 38.3 Å². The van der Waals surface area contributed by atoms with Gasteiger partial charge in [0.1, 0.15) is 5.56 Å². The molecule has 2 saturated heterocycles. The summed E-state index contributed by atoms with van der Waals surface area (Å²) in [6, 6.07) is 1.75. The zero-order chi connectivity index (χ0) is 15.7. The average Bonchev–Trinajstić information content (AvgIpc) is 2.97. The Balaban J connectivity index is 1.94. The zero-order valence-corrected chi connectivity index (χ0v) is 12.8. The summed E-state index contributed by atoms with van der Waals surface area (Å²) in [6.45, 7) is 4.77. The van der Waals surface area contributed by atoms with Crippen LogP contribution in [0, 0.1) is 6.92 Å². The fraction of sp³-hybridized carbons (Fsp3) is 0.625. The molecule has 6 nitrogen and oxygen atoms in total. The molecule has 22 heavy (non-hydrogen) atoms. The number of hydrogen-bond acceptors (Lipinski definition) is 4. The molecule has 3 rings (SSSR count). The van der Waals surface area contributed by atoms with Gasteiger partial charge in [0, 0.05) is 6.20 Å². The van der Waals surface area contributed by atoms with Crippen LogP contribution in [0.15, 0.2) is 17.1 Å². The van der Waals surface area contributed by atoms with Crippen molar-refractivity contribution in [3.8, 4) is 0 Å².